The van der Waals surface area contributed by atoms with Gasteiger partial charge in [0.05, 0.1) is 23.6 Å². The highest BCUT2D eigenvalue weighted by atomic mass is 16.7. The Labute approximate surface area is 237 Å². The van der Waals surface area contributed by atoms with Crippen molar-refractivity contribution in [1.82, 2.24) is 14.8 Å². The van der Waals surface area contributed by atoms with Crippen molar-refractivity contribution >= 4 is 28.5 Å². The highest BCUT2D eigenvalue weighted by molar-refractivity contribution is 5.98. The summed E-state index contributed by atoms with van der Waals surface area (Å²) >= 11 is 0. The molecule has 9 heteroatoms. The van der Waals surface area contributed by atoms with Crippen molar-refractivity contribution in [1.29, 1.82) is 0 Å². The number of hydrogen-bond donors (Lipinski definition) is 3. The molecule has 0 bridgehead atoms. The lowest BCUT2D eigenvalue weighted by Gasteiger charge is -2.48. The monoisotopic (exact) mass is 552 g/mol. The number of nitrogens with zero attached hydrogens (tertiary/aromatic N) is 2. The third-order valence-corrected chi connectivity index (χ3v) is 8.78. The summed E-state index contributed by atoms with van der Waals surface area (Å²) < 4.78 is 11.1. The third-order valence-electron chi connectivity index (χ3n) is 8.78. The van der Waals surface area contributed by atoms with E-state index in [1.807, 2.05) is 53.4 Å². The molecule has 41 heavy (non-hydrogen) atoms. The van der Waals surface area contributed by atoms with Gasteiger partial charge >= 0.3 is 6.03 Å². The molecular formula is C32H32N4O5. The Bertz CT molecular complexity index is 1650. The predicted octanol–water partition coefficient (Wildman–Crippen LogP) is 4.92. The summed E-state index contributed by atoms with van der Waals surface area (Å²) in [4.78, 5) is 34.3. The fraction of sp³-hybridized carbons (Fsp3) is 0.312. The molecule has 3 aliphatic heterocycles. The second-order valence-electron chi connectivity index (χ2n) is 11.1. The maximum Gasteiger partial charge on any atom is 0.321 e. The fourth-order valence-corrected chi connectivity index (χ4v) is 6.75. The Kier molecular flexibility index (Phi) is 6.12. The van der Waals surface area contributed by atoms with Crippen molar-refractivity contribution in [2.24, 2.45) is 5.92 Å². The zero-order valence-corrected chi connectivity index (χ0v) is 23.0. The Morgan fingerprint density at radius 1 is 1.10 bits per heavy atom. The van der Waals surface area contributed by atoms with Crippen LogP contribution in [0.5, 0.6) is 11.5 Å². The molecule has 0 spiro atoms. The summed E-state index contributed by atoms with van der Waals surface area (Å²) in [6, 6.07) is 20.4. The number of nitrogens with one attached hydrogen (secondary N) is 2. The van der Waals surface area contributed by atoms with Crippen LogP contribution in [-0.2, 0) is 11.2 Å². The van der Waals surface area contributed by atoms with Gasteiger partial charge in [0, 0.05) is 42.0 Å². The number of anilines is 1. The number of aromatic nitrogens is 1. The molecule has 4 heterocycles. The minimum Gasteiger partial charge on any atom is -0.454 e. The van der Waals surface area contributed by atoms with Crippen molar-refractivity contribution in [3.8, 4) is 22.6 Å². The van der Waals surface area contributed by atoms with E-state index in [0.717, 1.165) is 39.2 Å². The van der Waals surface area contributed by atoms with Crippen LogP contribution in [0.2, 0.25) is 0 Å². The van der Waals surface area contributed by atoms with E-state index in [0.29, 0.717) is 25.1 Å². The van der Waals surface area contributed by atoms with Crippen molar-refractivity contribution in [3.63, 3.8) is 0 Å². The van der Waals surface area contributed by atoms with E-state index in [1.165, 1.54) is 5.56 Å². The van der Waals surface area contributed by atoms with Crippen molar-refractivity contribution in [3.05, 3.63) is 78.0 Å². The molecule has 0 saturated carbocycles. The van der Waals surface area contributed by atoms with Crippen LogP contribution in [0.3, 0.4) is 0 Å². The summed E-state index contributed by atoms with van der Waals surface area (Å²) in [5, 5.41) is 14.8. The zero-order chi connectivity index (χ0) is 28.2. The number of para-hydroxylation sites is 2. The maximum atomic E-state index is 13.9. The van der Waals surface area contributed by atoms with Crippen molar-refractivity contribution in [2.45, 2.75) is 38.0 Å². The number of benzene rings is 3. The largest absolute Gasteiger partial charge is 0.454 e. The molecule has 0 aliphatic carbocycles. The first-order chi connectivity index (χ1) is 19.9. The van der Waals surface area contributed by atoms with Crippen LogP contribution in [0, 0.1) is 5.92 Å². The van der Waals surface area contributed by atoms with E-state index in [2.05, 4.69) is 28.5 Å². The Morgan fingerprint density at radius 2 is 1.90 bits per heavy atom. The van der Waals surface area contributed by atoms with Crippen LogP contribution in [0.1, 0.15) is 30.6 Å². The van der Waals surface area contributed by atoms with Gasteiger partial charge < -0.3 is 34.7 Å². The molecule has 7 rings (SSSR count). The topological polar surface area (TPSA) is 107 Å². The number of ether oxygens (including phenoxy) is 2. The molecule has 210 valence electrons. The summed E-state index contributed by atoms with van der Waals surface area (Å²) in [5.41, 5.74) is 5.94. The average Bonchev–Trinajstić information content (AvgIpc) is 3.61. The van der Waals surface area contributed by atoms with E-state index in [1.54, 1.807) is 18.9 Å². The molecular weight excluding hydrogens is 520 g/mol. The number of urea groups is 1. The molecule has 3 aromatic carbocycles. The third kappa shape index (κ3) is 4.19. The van der Waals surface area contributed by atoms with Crippen molar-refractivity contribution < 1.29 is 24.2 Å². The maximum absolute atomic E-state index is 13.9. The molecule has 1 saturated heterocycles. The molecule has 4 atom stereocenters. The first kappa shape index (κ1) is 25.5. The minimum absolute atomic E-state index is 0.124. The number of piperidine rings is 1. The van der Waals surface area contributed by atoms with Gasteiger partial charge in [-0.25, -0.2) is 4.79 Å². The van der Waals surface area contributed by atoms with Crippen molar-refractivity contribution in [2.75, 3.05) is 25.7 Å². The fourth-order valence-electron chi connectivity index (χ4n) is 6.75. The molecule has 1 fully saturated rings. The Morgan fingerprint density at radius 3 is 2.71 bits per heavy atom. The number of aliphatic hydroxyl groups excluding tert-OH is 1. The van der Waals surface area contributed by atoms with Gasteiger partial charge in [-0.15, -0.1) is 0 Å². The second kappa shape index (κ2) is 9.85. The molecule has 9 nitrogen and oxygen atoms in total. The van der Waals surface area contributed by atoms with Gasteiger partial charge in [-0.05, 0) is 55.2 Å². The summed E-state index contributed by atoms with van der Waals surface area (Å²) in [7, 11) is 1.70. The van der Waals surface area contributed by atoms with Crippen LogP contribution < -0.4 is 14.8 Å². The molecule has 3 aliphatic rings. The minimum atomic E-state index is -0.901. The number of fused-ring (bicyclic) bond motifs is 6. The normalized spacial score (nSPS) is 21.8. The van der Waals surface area contributed by atoms with E-state index in [4.69, 9.17) is 9.47 Å². The SMILES string of the molecule is C[C@H](O)[C@@H]1C(=O)N2CCc3c([nH]c4c(-c5ccc6c(c5)OCO6)cccc34)[C@@H]2C[C@@H]1N(C)C(=O)Nc1ccccc1. The van der Waals surface area contributed by atoms with Gasteiger partial charge in [-0.1, -0.05) is 42.5 Å². The zero-order valence-electron chi connectivity index (χ0n) is 23.0. The second-order valence-corrected chi connectivity index (χ2v) is 11.1. The Balaban J connectivity index is 1.25. The summed E-state index contributed by atoms with van der Waals surface area (Å²) in [6.45, 7) is 2.42. The number of aliphatic hydroxyl groups is 1. The molecule has 3 amide bonds. The first-order valence-corrected chi connectivity index (χ1v) is 14.0. The van der Waals surface area contributed by atoms with Gasteiger partial charge in [0.15, 0.2) is 11.5 Å². The number of aromatic amines is 1. The molecule has 0 radical (unpaired) electrons. The van der Waals surface area contributed by atoms with Crippen LogP contribution >= 0.6 is 0 Å². The predicted molar refractivity (Wildman–Crippen MR) is 155 cm³/mol. The lowest BCUT2D eigenvalue weighted by molar-refractivity contribution is -0.151. The smallest absolute Gasteiger partial charge is 0.321 e. The lowest BCUT2D eigenvalue weighted by atomic mass is 9.79. The summed E-state index contributed by atoms with van der Waals surface area (Å²) in [6.07, 6.45) is 0.324. The highest BCUT2D eigenvalue weighted by Crippen LogP contribution is 2.45. The van der Waals surface area contributed by atoms with Gasteiger partial charge in [0.2, 0.25) is 12.7 Å². The Hall–Kier alpha value is -4.50. The highest BCUT2D eigenvalue weighted by Gasteiger charge is 2.49. The molecule has 4 aromatic rings. The number of carbonyl (C=O) groups is 2. The van der Waals surface area contributed by atoms with Crippen LogP contribution in [-0.4, -0.2) is 64.4 Å². The van der Waals surface area contributed by atoms with Gasteiger partial charge in [0.1, 0.15) is 0 Å². The molecule has 1 aromatic heterocycles. The summed E-state index contributed by atoms with van der Waals surface area (Å²) in [5.74, 6) is 0.625. The lowest BCUT2D eigenvalue weighted by Crippen LogP contribution is -2.60. The van der Waals surface area contributed by atoms with Gasteiger partial charge in [0.25, 0.3) is 0 Å². The number of carbonyl (C=O) groups excluding carboxylic acids is 2. The number of amides is 3. The molecule has 0 unspecified atom stereocenters. The van der Waals surface area contributed by atoms with Crippen LogP contribution in [0.4, 0.5) is 10.5 Å². The number of rotatable bonds is 4. The van der Waals surface area contributed by atoms with E-state index in [9.17, 15) is 14.7 Å². The van der Waals surface area contributed by atoms with Crippen LogP contribution in [0.25, 0.3) is 22.0 Å². The average molecular weight is 553 g/mol. The van der Waals surface area contributed by atoms with E-state index >= 15 is 0 Å². The number of H-pyrrole nitrogens is 1. The van der Waals surface area contributed by atoms with Gasteiger partial charge in [-0.2, -0.15) is 0 Å². The quantitative estimate of drug-likeness (QED) is 0.333. The number of hydrogen-bond acceptors (Lipinski definition) is 5. The van der Waals surface area contributed by atoms with Crippen LogP contribution in [0.15, 0.2) is 66.7 Å². The van der Waals surface area contributed by atoms with E-state index in [-0.39, 0.29) is 24.8 Å². The standard InChI is InChI=1S/C32H32N4O5/c1-18(37)28-24(35(2)32(39)33-20-7-4-3-5-8-20)16-25-30-23(13-14-36(25)31(28)38)22-10-6-9-21(29(22)34-30)19-11-12-26-27(15-19)41-17-40-26/h3-12,15,18,24-25,28,34,37H,13-14,16-17H2,1-2H3,(H,33,39)/t18-,24-,25-,28-/m0/s1. The van der Waals surface area contributed by atoms with E-state index < -0.39 is 18.1 Å². The molecule has 3 N–H and O–H groups in total. The first-order valence-electron chi connectivity index (χ1n) is 14.0. The van der Waals surface area contributed by atoms with Gasteiger partial charge in [-0.3, -0.25) is 4.79 Å².